The molecule has 0 aliphatic heterocycles. The van der Waals surface area contributed by atoms with E-state index in [9.17, 15) is 0 Å². The first-order valence-corrected chi connectivity index (χ1v) is 4.24. The van der Waals surface area contributed by atoms with Crippen LogP contribution >= 0.6 is 0 Å². The van der Waals surface area contributed by atoms with Gasteiger partial charge in [-0.25, -0.2) is 0 Å². The van der Waals surface area contributed by atoms with E-state index in [-0.39, 0.29) is 0 Å². The summed E-state index contributed by atoms with van der Waals surface area (Å²) in [5, 5.41) is 3.31. The second kappa shape index (κ2) is 2.39. The molecule has 1 nitrogen and oxygen atoms in total. The lowest BCUT2D eigenvalue weighted by Crippen LogP contribution is -2.42. The molecule has 0 saturated heterocycles. The summed E-state index contributed by atoms with van der Waals surface area (Å²) in [6, 6.07) is 0.832. The SMILES string of the molecule is CNC1CC(C2C=CC2)C1. The van der Waals surface area contributed by atoms with Crippen LogP contribution in [0.2, 0.25) is 0 Å². The third kappa shape index (κ3) is 0.891. The minimum atomic E-state index is 0.832. The summed E-state index contributed by atoms with van der Waals surface area (Å²) in [4.78, 5) is 0. The fourth-order valence-electron chi connectivity index (χ4n) is 1.89. The highest BCUT2D eigenvalue weighted by Crippen LogP contribution is 2.39. The van der Waals surface area contributed by atoms with Gasteiger partial charge in [0.1, 0.15) is 0 Å². The van der Waals surface area contributed by atoms with Crippen LogP contribution in [0.4, 0.5) is 0 Å². The zero-order valence-corrected chi connectivity index (χ0v) is 6.51. The smallest absolute Gasteiger partial charge is 0.00697 e. The first-order valence-electron chi connectivity index (χ1n) is 4.24. The van der Waals surface area contributed by atoms with Gasteiger partial charge in [0.2, 0.25) is 0 Å². The van der Waals surface area contributed by atoms with Crippen LogP contribution in [0, 0.1) is 11.8 Å². The monoisotopic (exact) mass is 137 g/mol. The average Bonchev–Trinajstić information content (AvgIpc) is 1.72. The van der Waals surface area contributed by atoms with Gasteiger partial charge >= 0.3 is 0 Å². The van der Waals surface area contributed by atoms with Crippen LogP contribution in [0.25, 0.3) is 0 Å². The topological polar surface area (TPSA) is 12.0 Å². The molecule has 1 atom stereocenters. The molecule has 0 bridgehead atoms. The van der Waals surface area contributed by atoms with Crippen LogP contribution in [0.1, 0.15) is 19.3 Å². The Bertz CT molecular complexity index is 145. The van der Waals surface area contributed by atoms with Gasteiger partial charge in [-0.1, -0.05) is 12.2 Å². The second-order valence-electron chi connectivity index (χ2n) is 3.54. The number of hydrogen-bond acceptors (Lipinski definition) is 1. The van der Waals surface area contributed by atoms with Gasteiger partial charge in [-0.15, -0.1) is 0 Å². The zero-order valence-electron chi connectivity index (χ0n) is 6.51. The predicted octanol–water partition coefficient (Wildman–Crippen LogP) is 1.56. The van der Waals surface area contributed by atoms with Crippen molar-refractivity contribution in [2.75, 3.05) is 7.05 Å². The van der Waals surface area contributed by atoms with E-state index in [1.165, 1.54) is 19.3 Å². The van der Waals surface area contributed by atoms with E-state index in [1.807, 2.05) is 0 Å². The van der Waals surface area contributed by atoms with Crippen molar-refractivity contribution in [3.05, 3.63) is 12.2 Å². The van der Waals surface area contributed by atoms with Crippen molar-refractivity contribution in [2.45, 2.75) is 25.3 Å². The second-order valence-corrected chi connectivity index (χ2v) is 3.54. The van der Waals surface area contributed by atoms with E-state index >= 15 is 0 Å². The Balaban J connectivity index is 1.75. The van der Waals surface area contributed by atoms with Crippen LogP contribution < -0.4 is 5.32 Å². The Morgan fingerprint density at radius 3 is 2.50 bits per heavy atom. The molecule has 0 heterocycles. The van der Waals surface area contributed by atoms with Crippen molar-refractivity contribution in [1.29, 1.82) is 0 Å². The summed E-state index contributed by atoms with van der Waals surface area (Å²) < 4.78 is 0. The third-order valence-corrected chi connectivity index (χ3v) is 2.98. The van der Waals surface area contributed by atoms with Gasteiger partial charge < -0.3 is 5.32 Å². The predicted molar refractivity (Wildman–Crippen MR) is 42.8 cm³/mol. The minimum absolute atomic E-state index is 0.832. The molecule has 1 heteroatoms. The van der Waals surface area contributed by atoms with E-state index in [0.717, 1.165) is 17.9 Å². The van der Waals surface area contributed by atoms with Gasteiger partial charge in [0.25, 0.3) is 0 Å². The highest BCUT2D eigenvalue weighted by Gasteiger charge is 2.33. The van der Waals surface area contributed by atoms with E-state index < -0.39 is 0 Å². The zero-order chi connectivity index (χ0) is 6.97. The molecule has 0 aromatic heterocycles. The summed E-state index contributed by atoms with van der Waals surface area (Å²) in [7, 11) is 2.07. The minimum Gasteiger partial charge on any atom is -0.317 e. The van der Waals surface area contributed by atoms with Crippen LogP contribution in [-0.2, 0) is 0 Å². The molecule has 0 radical (unpaired) electrons. The molecular formula is C9H15N. The molecule has 2 rings (SSSR count). The molecule has 10 heavy (non-hydrogen) atoms. The van der Waals surface area contributed by atoms with Crippen molar-refractivity contribution in [3.63, 3.8) is 0 Å². The molecule has 1 N–H and O–H groups in total. The Morgan fingerprint density at radius 1 is 1.40 bits per heavy atom. The van der Waals surface area contributed by atoms with Gasteiger partial charge in [-0.3, -0.25) is 0 Å². The van der Waals surface area contributed by atoms with Crippen molar-refractivity contribution in [1.82, 2.24) is 5.32 Å². The Kier molecular flexibility index (Phi) is 1.53. The fraction of sp³-hybridized carbons (Fsp3) is 0.778. The Hall–Kier alpha value is -0.300. The quantitative estimate of drug-likeness (QED) is 0.569. The fourth-order valence-corrected chi connectivity index (χ4v) is 1.89. The van der Waals surface area contributed by atoms with Gasteiger partial charge in [0, 0.05) is 6.04 Å². The molecule has 0 spiro atoms. The van der Waals surface area contributed by atoms with Crippen LogP contribution in [0.3, 0.4) is 0 Å². The summed E-state index contributed by atoms with van der Waals surface area (Å²) in [5.41, 5.74) is 0. The summed E-state index contributed by atoms with van der Waals surface area (Å²) >= 11 is 0. The summed E-state index contributed by atoms with van der Waals surface area (Å²) in [6.45, 7) is 0. The molecule has 1 fully saturated rings. The van der Waals surface area contributed by atoms with Crippen molar-refractivity contribution in [2.24, 2.45) is 11.8 Å². The van der Waals surface area contributed by atoms with Gasteiger partial charge in [-0.2, -0.15) is 0 Å². The van der Waals surface area contributed by atoms with Crippen molar-refractivity contribution < 1.29 is 0 Å². The van der Waals surface area contributed by atoms with E-state index in [0.29, 0.717) is 0 Å². The molecule has 56 valence electrons. The highest BCUT2D eigenvalue weighted by atomic mass is 14.9. The lowest BCUT2D eigenvalue weighted by molar-refractivity contribution is 0.173. The first kappa shape index (κ1) is 6.41. The molecular weight excluding hydrogens is 122 g/mol. The van der Waals surface area contributed by atoms with Crippen molar-refractivity contribution in [3.8, 4) is 0 Å². The molecule has 1 saturated carbocycles. The number of hydrogen-bond donors (Lipinski definition) is 1. The largest absolute Gasteiger partial charge is 0.317 e. The Labute approximate surface area is 62.5 Å². The standard InChI is InChI=1S/C9H15N/c1-10-9-5-8(6-9)7-3-2-4-7/h2-3,7-10H,4-6H2,1H3. The molecule has 1 unspecified atom stereocenters. The molecule has 0 aromatic rings. The normalized spacial score (nSPS) is 44.3. The Morgan fingerprint density at radius 2 is 2.10 bits per heavy atom. The number of rotatable bonds is 2. The van der Waals surface area contributed by atoms with Crippen LogP contribution in [0.15, 0.2) is 12.2 Å². The van der Waals surface area contributed by atoms with Crippen molar-refractivity contribution >= 4 is 0 Å². The number of nitrogens with one attached hydrogen (secondary N) is 1. The van der Waals surface area contributed by atoms with E-state index in [4.69, 9.17) is 0 Å². The lowest BCUT2D eigenvalue weighted by Gasteiger charge is -2.41. The molecule has 2 aliphatic rings. The highest BCUT2D eigenvalue weighted by molar-refractivity contribution is 5.07. The summed E-state index contributed by atoms with van der Waals surface area (Å²) in [6.07, 6.45) is 8.83. The lowest BCUT2D eigenvalue weighted by atomic mass is 9.68. The van der Waals surface area contributed by atoms with Gasteiger partial charge in [0.15, 0.2) is 0 Å². The van der Waals surface area contributed by atoms with Gasteiger partial charge in [0.05, 0.1) is 0 Å². The first-order chi connectivity index (χ1) is 4.90. The van der Waals surface area contributed by atoms with Crippen LogP contribution in [0.5, 0.6) is 0 Å². The van der Waals surface area contributed by atoms with Crippen LogP contribution in [-0.4, -0.2) is 13.1 Å². The average molecular weight is 137 g/mol. The number of allylic oxidation sites excluding steroid dienone is 2. The molecule has 0 aromatic carbocycles. The third-order valence-electron chi connectivity index (χ3n) is 2.98. The molecule has 0 amide bonds. The molecule has 2 aliphatic carbocycles. The maximum absolute atomic E-state index is 3.31. The van der Waals surface area contributed by atoms with Gasteiger partial charge in [-0.05, 0) is 38.1 Å². The van der Waals surface area contributed by atoms with E-state index in [1.54, 1.807) is 0 Å². The summed E-state index contributed by atoms with van der Waals surface area (Å²) in [5.74, 6) is 1.96. The maximum Gasteiger partial charge on any atom is 0.00697 e. The maximum atomic E-state index is 3.31. The van der Waals surface area contributed by atoms with E-state index in [2.05, 4.69) is 24.5 Å².